The van der Waals surface area contributed by atoms with Gasteiger partial charge >= 0.3 is 0 Å². The third kappa shape index (κ3) is 3.62. The molecule has 1 aromatic heterocycles. The van der Waals surface area contributed by atoms with Crippen molar-refractivity contribution in [1.82, 2.24) is 4.57 Å². The molecule has 1 heterocycles. The van der Waals surface area contributed by atoms with Crippen LogP contribution in [0.3, 0.4) is 0 Å². The summed E-state index contributed by atoms with van der Waals surface area (Å²) in [7, 11) is 0. The monoisotopic (exact) mass is 324 g/mol. The number of ether oxygens (including phenoxy) is 1. The van der Waals surface area contributed by atoms with Crippen LogP contribution in [-0.4, -0.2) is 23.7 Å². The maximum absolute atomic E-state index is 14.2. The van der Waals surface area contributed by atoms with E-state index in [1.54, 1.807) is 10.6 Å². The first-order chi connectivity index (χ1) is 10.3. The number of benzene rings is 1. The Balaban J connectivity index is 2.57. The van der Waals surface area contributed by atoms with Gasteiger partial charge in [-0.2, -0.15) is 4.99 Å². The molecule has 0 aliphatic rings. The third-order valence-electron chi connectivity index (χ3n) is 3.15. The standard InChI is InChI=1S/C16H21FN2O2S/c1-5-21-10-9-19-13-11(17)7-6-8-12(13)22-15(19)18-14(20)16(2,3)4/h6-8H,5,9-10H2,1-4H3. The van der Waals surface area contributed by atoms with Crippen LogP contribution in [0.1, 0.15) is 27.7 Å². The van der Waals surface area contributed by atoms with Crippen LogP contribution in [0.15, 0.2) is 23.2 Å². The summed E-state index contributed by atoms with van der Waals surface area (Å²) < 4.78 is 22.0. The highest BCUT2D eigenvalue weighted by atomic mass is 32.1. The van der Waals surface area contributed by atoms with Crippen molar-refractivity contribution in [3.8, 4) is 0 Å². The first-order valence-corrected chi connectivity index (χ1v) is 8.11. The summed E-state index contributed by atoms with van der Waals surface area (Å²) in [5.74, 6) is -0.528. The van der Waals surface area contributed by atoms with Gasteiger partial charge in [-0.1, -0.05) is 38.2 Å². The molecule has 1 amide bonds. The molecule has 0 spiro atoms. The Morgan fingerprint density at radius 3 is 2.77 bits per heavy atom. The van der Waals surface area contributed by atoms with Crippen molar-refractivity contribution in [1.29, 1.82) is 0 Å². The lowest BCUT2D eigenvalue weighted by molar-refractivity contribution is -0.125. The van der Waals surface area contributed by atoms with Crippen LogP contribution in [0.5, 0.6) is 0 Å². The number of aromatic nitrogens is 1. The second-order valence-corrected chi connectivity index (χ2v) is 7.00. The van der Waals surface area contributed by atoms with Crippen LogP contribution in [0.2, 0.25) is 0 Å². The molecule has 0 aliphatic carbocycles. The quantitative estimate of drug-likeness (QED) is 0.810. The normalized spacial score (nSPS) is 13.0. The molecule has 22 heavy (non-hydrogen) atoms. The van der Waals surface area contributed by atoms with E-state index in [4.69, 9.17) is 4.74 Å². The average molecular weight is 324 g/mol. The summed E-state index contributed by atoms with van der Waals surface area (Å²) in [4.78, 5) is 16.9. The first-order valence-electron chi connectivity index (χ1n) is 7.29. The third-order valence-corrected chi connectivity index (χ3v) is 4.20. The van der Waals surface area contributed by atoms with Gasteiger partial charge in [-0.25, -0.2) is 4.39 Å². The van der Waals surface area contributed by atoms with E-state index in [2.05, 4.69) is 4.99 Å². The fraction of sp³-hybridized carbons (Fsp3) is 0.500. The second-order valence-electron chi connectivity index (χ2n) is 5.99. The highest BCUT2D eigenvalue weighted by molar-refractivity contribution is 7.16. The van der Waals surface area contributed by atoms with Gasteiger partial charge in [0.05, 0.1) is 16.8 Å². The maximum Gasteiger partial charge on any atom is 0.253 e. The lowest BCUT2D eigenvalue weighted by atomic mass is 9.96. The van der Waals surface area contributed by atoms with Crippen LogP contribution in [0.25, 0.3) is 10.2 Å². The van der Waals surface area contributed by atoms with Gasteiger partial charge in [-0.3, -0.25) is 4.79 Å². The van der Waals surface area contributed by atoms with E-state index in [9.17, 15) is 9.18 Å². The number of thiazole rings is 1. The number of hydrogen-bond acceptors (Lipinski definition) is 3. The van der Waals surface area contributed by atoms with Gasteiger partial charge in [0.1, 0.15) is 5.82 Å². The molecule has 1 aromatic carbocycles. The maximum atomic E-state index is 14.2. The summed E-state index contributed by atoms with van der Waals surface area (Å²) in [5, 5.41) is 0. The van der Waals surface area contributed by atoms with Crippen LogP contribution in [-0.2, 0) is 16.1 Å². The topological polar surface area (TPSA) is 43.6 Å². The van der Waals surface area contributed by atoms with Gasteiger partial charge in [0.15, 0.2) is 4.80 Å². The molecule has 0 saturated carbocycles. The van der Waals surface area contributed by atoms with Gasteiger partial charge in [0, 0.05) is 18.6 Å². The number of hydrogen-bond donors (Lipinski definition) is 0. The number of halogens is 1. The van der Waals surface area contributed by atoms with E-state index >= 15 is 0 Å². The van der Waals surface area contributed by atoms with E-state index in [1.165, 1.54) is 17.4 Å². The smallest absolute Gasteiger partial charge is 0.253 e. The van der Waals surface area contributed by atoms with E-state index in [0.717, 1.165) is 4.70 Å². The number of rotatable bonds is 4. The Hall–Kier alpha value is -1.53. The van der Waals surface area contributed by atoms with Crippen molar-refractivity contribution in [2.45, 2.75) is 34.2 Å². The molecule has 0 fully saturated rings. The molecule has 120 valence electrons. The van der Waals surface area contributed by atoms with E-state index in [-0.39, 0.29) is 11.7 Å². The van der Waals surface area contributed by atoms with Gasteiger partial charge in [0.25, 0.3) is 5.91 Å². The van der Waals surface area contributed by atoms with Gasteiger partial charge in [-0.15, -0.1) is 0 Å². The highest BCUT2D eigenvalue weighted by Gasteiger charge is 2.21. The van der Waals surface area contributed by atoms with Gasteiger partial charge < -0.3 is 9.30 Å². The Morgan fingerprint density at radius 2 is 2.14 bits per heavy atom. The van der Waals surface area contributed by atoms with E-state index in [1.807, 2.05) is 33.8 Å². The van der Waals surface area contributed by atoms with Crippen LogP contribution in [0.4, 0.5) is 4.39 Å². The van der Waals surface area contributed by atoms with Crippen LogP contribution >= 0.6 is 11.3 Å². The molecular weight excluding hydrogens is 303 g/mol. The summed E-state index contributed by atoms with van der Waals surface area (Å²) in [5.41, 5.74) is -0.0837. The second kappa shape index (κ2) is 6.71. The molecule has 2 aromatic rings. The lowest BCUT2D eigenvalue weighted by Gasteiger charge is -2.12. The number of carbonyl (C=O) groups is 1. The fourth-order valence-electron chi connectivity index (χ4n) is 1.93. The predicted molar refractivity (Wildman–Crippen MR) is 86.3 cm³/mol. The number of carbonyl (C=O) groups excluding carboxylic acids is 1. The highest BCUT2D eigenvalue weighted by Crippen LogP contribution is 2.21. The molecule has 4 nitrogen and oxygen atoms in total. The number of para-hydroxylation sites is 1. The molecular formula is C16H21FN2O2S. The van der Waals surface area contributed by atoms with Crippen molar-refractivity contribution < 1.29 is 13.9 Å². The number of nitrogens with zero attached hydrogens (tertiary/aromatic N) is 2. The molecule has 0 unspecified atom stereocenters. The molecule has 0 atom stereocenters. The lowest BCUT2D eigenvalue weighted by Crippen LogP contribution is -2.25. The van der Waals surface area contributed by atoms with E-state index < -0.39 is 5.41 Å². The van der Waals surface area contributed by atoms with Crippen LogP contribution < -0.4 is 4.80 Å². The van der Waals surface area contributed by atoms with Gasteiger partial charge in [-0.05, 0) is 19.1 Å². The number of amides is 1. The van der Waals surface area contributed by atoms with Crippen molar-refractivity contribution in [2.75, 3.05) is 13.2 Å². The number of fused-ring (bicyclic) bond motifs is 1. The predicted octanol–water partition coefficient (Wildman–Crippen LogP) is 3.35. The average Bonchev–Trinajstić information content (AvgIpc) is 2.77. The molecule has 0 saturated heterocycles. The first kappa shape index (κ1) is 16.8. The molecule has 0 N–H and O–H groups in total. The molecule has 0 radical (unpaired) electrons. The van der Waals surface area contributed by atoms with Crippen molar-refractivity contribution in [3.63, 3.8) is 0 Å². The van der Waals surface area contributed by atoms with Crippen molar-refractivity contribution >= 4 is 27.5 Å². The van der Waals surface area contributed by atoms with Crippen molar-refractivity contribution in [2.24, 2.45) is 10.4 Å². The Kier molecular flexibility index (Phi) is 5.13. The molecule has 2 rings (SSSR count). The van der Waals surface area contributed by atoms with Crippen LogP contribution in [0, 0.1) is 11.2 Å². The largest absolute Gasteiger partial charge is 0.380 e. The molecule has 6 heteroatoms. The summed E-state index contributed by atoms with van der Waals surface area (Å²) in [6.45, 7) is 8.87. The minimum atomic E-state index is -0.563. The molecule has 0 bridgehead atoms. The van der Waals surface area contributed by atoms with Crippen molar-refractivity contribution in [3.05, 3.63) is 28.8 Å². The zero-order valence-electron chi connectivity index (χ0n) is 13.4. The summed E-state index contributed by atoms with van der Waals surface area (Å²) in [6, 6.07) is 4.92. The SMILES string of the molecule is CCOCCn1c(=NC(=O)C(C)(C)C)sc2cccc(F)c21. The Bertz CT molecular complexity index is 741. The summed E-state index contributed by atoms with van der Waals surface area (Å²) in [6.07, 6.45) is 0. The van der Waals surface area contributed by atoms with E-state index in [0.29, 0.717) is 30.1 Å². The minimum absolute atomic E-state index is 0.218. The zero-order valence-corrected chi connectivity index (χ0v) is 14.2. The molecule has 0 aliphatic heterocycles. The zero-order chi connectivity index (χ0) is 16.3. The summed E-state index contributed by atoms with van der Waals surface area (Å²) >= 11 is 1.32. The fourth-order valence-corrected chi connectivity index (χ4v) is 3.00. The Morgan fingerprint density at radius 1 is 1.41 bits per heavy atom. The van der Waals surface area contributed by atoms with Gasteiger partial charge in [0.2, 0.25) is 0 Å². The Labute approximate surface area is 133 Å². The minimum Gasteiger partial charge on any atom is -0.380 e.